The first-order chi connectivity index (χ1) is 17.6. The number of hydrogen-bond donors (Lipinski definition) is 1. The molecule has 0 unspecified atom stereocenters. The number of carbonyl (C=O) groups excluding carboxylic acids is 1. The van der Waals surface area contributed by atoms with Gasteiger partial charge in [-0.05, 0) is 49.4 Å². The molecule has 0 atom stereocenters. The molecule has 178 valence electrons. The van der Waals surface area contributed by atoms with Crippen molar-refractivity contribution >= 4 is 22.9 Å². The summed E-state index contributed by atoms with van der Waals surface area (Å²) in [6, 6.07) is 20.7. The van der Waals surface area contributed by atoms with Crippen molar-refractivity contribution in [2.45, 2.75) is 13.5 Å². The predicted molar refractivity (Wildman–Crippen MR) is 139 cm³/mol. The summed E-state index contributed by atoms with van der Waals surface area (Å²) in [7, 11) is 0. The summed E-state index contributed by atoms with van der Waals surface area (Å²) in [6.07, 6.45) is 8.63. The molecule has 3 heterocycles. The summed E-state index contributed by atoms with van der Waals surface area (Å²) in [4.78, 5) is 38.7. The summed E-state index contributed by atoms with van der Waals surface area (Å²) in [5.41, 5.74) is 3.65. The molecule has 0 aliphatic heterocycles. The SMILES string of the molecule is CCN(Cc1nc2ccccc2c(=O)[nH]1)C(=O)/C=C\c1cn(-c2ccccc2)nc1-c1cccnc1. The van der Waals surface area contributed by atoms with Crippen LogP contribution < -0.4 is 5.56 Å². The maximum atomic E-state index is 13.1. The van der Waals surface area contributed by atoms with Gasteiger partial charge in [-0.2, -0.15) is 5.10 Å². The van der Waals surface area contributed by atoms with E-state index in [9.17, 15) is 9.59 Å². The molecule has 1 N–H and O–H groups in total. The van der Waals surface area contributed by atoms with Crippen LogP contribution in [0.15, 0.2) is 96.2 Å². The number of para-hydroxylation sites is 2. The Labute approximate surface area is 207 Å². The Morgan fingerprint density at radius 2 is 1.86 bits per heavy atom. The molecule has 0 spiro atoms. The molecule has 2 aromatic carbocycles. The lowest BCUT2D eigenvalue weighted by atomic mass is 10.1. The molecule has 1 amide bonds. The second-order valence-corrected chi connectivity index (χ2v) is 8.17. The van der Waals surface area contributed by atoms with Crippen LogP contribution in [0.1, 0.15) is 18.3 Å². The number of carbonyl (C=O) groups is 1. The quantitative estimate of drug-likeness (QED) is 0.355. The number of nitrogens with zero attached hydrogens (tertiary/aromatic N) is 5. The van der Waals surface area contributed by atoms with Crippen molar-refractivity contribution in [2.75, 3.05) is 6.54 Å². The van der Waals surface area contributed by atoms with Crippen LogP contribution in [0.2, 0.25) is 0 Å². The molecule has 0 fully saturated rings. The van der Waals surface area contributed by atoms with Gasteiger partial charge in [0, 0.05) is 42.3 Å². The van der Waals surface area contributed by atoms with Crippen LogP contribution >= 0.6 is 0 Å². The average Bonchev–Trinajstić information content (AvgIpc) is 3.36. The van der Waals surface area contributed by atoms with Gasteiger partial charge < -0.3 is 9.88 Å². The second kappa shape index (κ2) is 10.2. The number of benzene rings is 2. The van der Waals surface area contributed by atoms with Crippen molar-refractivity contribution in [2.24, 2.45) is 0 Å². The van der Waals surface area contributed by atoms with Gasteiger partial charge >= 0.3 is 0 Å². The van der Waals surface area contributed by atoms with Gasteiger partial charge in [-0.3, -0.25) is 14.6 Å². The van der Waals surface area contributed by atoms with E-state index in [4.69, 9.17) is 5.10 Å². The third-order valence-electron chi connectivity index (χ3n) is 5.80. The predicted octanol–water partition coefficient (Wildman–Crippen LogP) is 4.23. The molecular weight excluding hydrogens is 452 g/mol. The third-order valence-corrected chi connectivity index (χ3v) is 5.80. The van der Waals surface area contributed by atoms with Gasteiger partial charge in [0.15, 0.2) is 0 Å². The first-order valence-electron chi connectivity index (χ1n) is 11.6. The number of likely N-dealkylation sites (N-methyl/N-ethyl adjacent to an activating group) is 1. The van der Waals surface area contributed by atoms with Crippen molar-refractivity contribution in [3.05, 3.63) is 113 Å². The molecule has 0 aliphatic carbocycles. The van der Waals surface area contributed by atoms with E-state index in [1.165, 1.54) is 6.08 Å². The molecule has 36 heavy (non-hydrogen) atoms. The fourth-order valence-corrected chi connectivity index (χ4v) is 3.95. The summed E-state index contributed by atoms with van der Waals surface area (Å²) < 4.78 is 1.79. The minimum atomic E-state index is -0.218. The van der Waals surface area contributed by atoms with Crippen LogP contribution in [0.25, 0.3) is 33.9 Å². The maximum Gasteiger partial charge on any atom is 0.258 e. The molecular formula is C28H24N6O2. The lowest BCUT2D eigenvalue weighted by molar-refractivity contribution is -0.126. The molecule has 5 aromatic rings. The topological polar surface area (TPSA) is 96.8 Å². The Morgan fingerprint density at radius 3 is 2.64 bits per heavy atom. The Morgan fingerprint density at radius 1 is 1.06 bits per heavy atom. The first kappa shape index (κ1) is 22.9. The van der Waals surface area contributed by atoms with Crippen LogP contribution in [0.3, 0.4) is 0 Å². The van der Waals surface area contributed by atoms with Crippen molar-refractivity contribution in [1.82, 2.24) is 29.6 Å². The monoisotopic (exact) mass is 476 g/mol. The number of H-pyrrole nitrogens is 1. The molecule has 5 rings (SSSR count). The largest absolute Gasteiger partial charge is 0.332 e. The van der Waals surface area contributed by atoms with E-state index in [2.05, 4.69) is 15.0 Å². The normalized spacial score (nSPS) is 11.2. The molecule has 0 saturated heterocycles. The van der Waals surface area contributed by atoms with Gasteiger partial charge in [0.1, 0.15) is 11.5 Å². The van der Waals surface area contributed by atoms with E-state index in [0.29, 0.717) is 23.3 Å². The number of amides is 1. The average molecular weight is 477 g/mol. The number of pyridine rings is 1. The van der Waals surface area contributed by atoms with E-state index >= 15 is 0 Å². The highest BCUT2D eigenvalue weighted by atomic mass is 16.2. The van der Waals surface area contributed by atoms with E-state index in [1.807, 2.05) is 61.7 Å². The van der Waals surface area contributed by atoms with Crippen LogP contribution in [-0.4, -0.2) is 42.1 Å². The number of aromatic nitrogens is 5. The molecule has 0 radical (unpaired) electrons. The van der Waals surface area contributed by atoms with Gasteiger partial charge in [0.2, 0.25) is 5.91 Å². The van der Waals surface area contributed by atoms with E-state index in [1.54, 1.807) is 46.3 Å². The highest BCUT2D eigenvalue weighted by Gasteiger charge is 2.14. The number of rotatable bonds is 7. The van der Waals surface area contributed by atoms with E-state index in [-0.39, 0.29) is 18.0 Å². The Hall–Kier alpha value is -4.85. The van der Waals surface area contributed by atoms with E-state index < -0.39 is 0 Å². The zero-order valence-corrected chi connectivity index (χ0v) is 19.7. The van der Waals surface area contributed by atoms with Crippen LogP contribution in [0.5, 0.6) is 0 Å². The minimum absolute atomic E-state index is 0.193. The number of nitrogens with one attached hydrogen (secondary N) is 1. The lowest BCUT2D eigenvalue weighted by Crippen LogP contribution is -2.30. The van der Waals surface area contributed by atoms with Crippen molar-refractivity contribution in [3.8, 4) is 16.9 Å². The standard InChI is InChI=1S/C28H24N6O2/c1-2-33(19-25-30-24-13-7-6-12-23(24)28(36)31-25)26(35)15-14-21-18-34(22-10-4-3-5-11-22)32-27(21)20-9-8-16-29-17-20/h3-18H,2,19H2,1H3,(H,30,31,36)/b15-14-. The zero-order valence-electron chi connectivity index (χ0n) is 19.7. The van der Waals surface area contributed by atoms with Crippen LogP contribution in [0.4, 0.5) is 0 Å². The van der Waals surface area contributed by atoms with Crippen molar-refractivity contribution < 1.29 is 4.79 Å². The molecule has 0 aliphatic rings. The second-order valence-electron chi connectivity index (χ2n) is 8.17. The highest BCUT2D eigenvalue weighted by molar-refractivity contribution is 5.92. The number of aromatic amines is 1. The minimum Gasteiger partial charge on any atom is -0.332 e. The number of hydrogen-bond acceptors (Lipinski definition) is 5. The Kier molecular flexibility index (Phi) is 6.48. The molecule has 3 aromatic heterocycles. The van der Waals surface area contributed by atoms with Crippen LogP contribution in [0, 0.1) is 0 Å². The summed E-state index contributed by atoms with van der Waals surface area (Å²) >= 11 is 0. The molecule has 0 saturated carbocycles. The van der Waals surface area contributed by atoms with Crippen molar-refractivity contribution in [3.63, 3.8) is 0 Å². The van der Waals surface area contributed by atoms with Gasteiger partial charge in [0.25, 0.3) is 5.56 Å². The maximum absolute atomic E-state index is 13.1. The van der Waals surface area contributed by atoms with Crippen molar-refractivity contribution in [1.29, 1.82) is 0 Å². The van der Waals surface area contributed by atoms with Gasteiger partial charge in [-0.15, -0.1) is 0 Å². The fourth-order valence-electron chi connectivity index (χ4n) is 3.95. The molecule has 8 heteroatoms. The van der Waals surface area contributed by atoms with Gasteiger partial charge in [-0.25, -0.2) is 9.67 Å². The Balaban J connectivity index is 1.42. The lowest BCUT2D eigenvalue weighted by Gasteiger charge is -2.18. The van der Waals surface area contributed by atoms with E-state index in [0.717, 1.165) is 22.5 Å². The smallest absolute Gasteiger partial charge is 0.258 e. The summed E-state index contributed by atoms with van der Waals surface area (Å²) in [5.74, 6) is 0.244. The van der Waals surface area contributed by atoms with Crippen LogP contribution in [-0.2, 0) is 11.3 Å². The third kappa shape index (κ3) is 4.83. The number of fused-ring (bicyclic) bond motifs is 1. The molecule has 8 nitrogen and oxygen atoms in total. The summed E-state index contributed by atoms with van der Waals surface area (Å²) in [5, 5.41) is 5.27. The Bertz CT molecular complexity index is 1590. The van der Waals surface area contributed by atoms with Gasteiger partial charge in [0.05, 0.1) is 23.1 Å². The first-order valence-corrected chi connectivity index (χ1v) is 11.6. The zero-order chi connectivity index (χ0) is 24.9. The summed E-state index contributed by atoms with van der Waals surface area (Å²) in [6.45, 7) is 2.54. The highest BCUT2D eigenvalue weighted by Crippen LogP contribution is 2.24. The van der Waals surface area contributed by atoms with Gasteiger partial charge in [-0.1, -0.05) is 30.3 Å². The fraction of sp³-hybridized carbons (Fsp3) is 0.107. The molecule has 0 bridgehead atoms.